The number of hydrogen-bond donors (Lipinski definition) is 2. The molecule has 0 aliphatic carbocycles. The number of nitrogens with two attached hydrogens (primary N) is 1. The van der Waals surface area contributed by atoms with E-state index < -0.39 is 0 Å². The van der Waals surface area contributed by atoms with Gasteiger partial charge in [-0.2, -0.15) is 0 Å². The van der Waals surface area contributed by atoms with Gasteiger partial charge in [0.25, 0.3) is 5.91 Å². The van der Waals surface area contributed by atoms with E-state index in [2.05, 4.69) is 17.2 Å². The van der Waals surface area contributed by atoms with Crippen molar-refractivity contribution in [3.8, 4) is 5.75 Å². The molecule has 0 fully saturated rings. The lowest BCUT2D eigenvalue weighted by Gasteiger charge is -2.30. The van der Waals surface area contributed by atoms with Crippen LogP contribution in [0.25, 0.3) is 0 Å². The highest BCUT2D eigenvalue weighted by Crippen LogP contribution is 2.35. The standard InChI is InChI=1S/C19H21N3O2S/c1-19(10-11-25-18(20)22-19)14-4-3-5-15(12-14)21-17(23)13-6-8-16(24-2)9-7-13/h3-9,12H,10-11H2,1-2H3,(H2,20,22)(H,21,23). The summed E-state index contributed by atoms with van der Waals surface area (Å²) in [7, 11) is 1.60. The number of hydrogen-bond acceptors (Lipinski definition) is 5. The largest absolute Gasteiger partial charge is 0.497 e. The maximum Gasteiger partial charge on any atom is 0.255 e. The van der Waals surface area contributed by atoms with Crippen LogP contribution in [0.3, 0.4) is 0 Å². The fourth-order valence-corrected chi connectivity index (χ4v) is 3.75. The van der Waals surface area contributed by atoms with E-state index in [-0.39, 0.29) is 11.4 Å². The minimum absolute atomic E-state index is 0.160. The van der Waals surface area contributed by atoms with Crippen LogP contribution >= 0.6 is 11.8 Å². The van der Waals surface area contributed by atoms with Gasteiger partial charge < -0.3 is 15.8 Å². The quantitative estimate of drug-likeness (QED) is 0.878. The molecule has 0 radical (unpaired) electrons. The van der Waals surface area contributed by atoms with E-state index in [1.165, 1.54) is 0 Å². The molecule has 0 saturated heterocycles. The molecule has 2 aromatic rings. The molecule has 0 spiro atoms. The number of thioether (sulfide) groups is 1. The predicted octanol–water partition coefficient (Wildman–Crippen LogP) is 3.61. The van der Waals surface area contributed by atoms with Crippen LogP contribution in [-0.2, 0) is 5.54 Å². The molecule has 5 nitrogen and oxygen atoms in total. The van der Waals surface area contributed by atoms with Crippen molar-refractivity contribution in [2.75, 3.05) is 18.2 Å². The zero-order valence-corrected chi connectivity index (χ0v) is 15.1. The molecule has 1 heterocycles. The van der Waals surface area contributed by atoms with Crippen molar-refractivity contribution >= 4 is 28.5 Å². The highest BCUT2D eigenvalue weighted by atomic mass is 32.2. The Kier molecular flexibility index (Phi) is 4.99. The van der Waals surface area contributed by atoms with Crippen LogP contribution in [0.5, 0.6) is 5.75 Å². The Morgan fingerprint density at radius 2 is 2.04 bits per heavy atom. The average molecular weight is 355 g/mol. The number of rotatable bonds is 4. The number of aliphatic imine (C=N–C) groups is 1. The summed E-state index contributed by atoms with van der Waals surface area (Å²) in [6.45, 7) is 2.07. The van der Waals surface area contributed by atoms with E-state index in [1.807, 2.05) is 24.3 Å². The van der Waals surface area contributed by atoms with Crippen LogP contribution in [0.4, 0.5) is 5.69 Å². The summed E-state index contributed by atoms with van der Waals surface area (Å²) < 4.78 is 5.11. The number of carbonyl (C=O) groups is 1. The molecule has 6 heteroatoms. The predicted molar refractivity (Wildman–Crippen MR) is 103 cm³/mol. The van der Waals surface area contributed by atoms with Crippen molar-refractivity contribution in [3.05, 3.63) is 59.7 Å². The van der Waals surface area contributed by atoms with Crippen molar-refractivity contribution in [2.45, 2.75) is 18.9 Å². The number of amides is 1. The van der Waals surface area contributed by atoms with Gasteiger partial charge in [-0.05, 0) is 55.3 Å². The molecule has 1 unspecified atom stereocenters. The summed E-state index contributed by atoms with van der Waals surface area (Å²) in [6.07, 6.45) is 0.911. The van der Waals surface area contributed by atoms with Gasteiger partial charge in [-0.3, -0.25) is 9.79 Å². The van der Waals surface area contributed by atoms with Crippen LogP contribution in [0, 0.1) is 0 Å². The molecule has 2 aromatic carbocycles. The van der Waals surface area contributed by atoms with Gasteiger partial charge >= 0.3 is 0 Å². The van der Waals surface area contributed by atoms with Gasteiger partial charge in [0.15, 0.2) is 5.17 Å². The van der Waals surface area contributed by atoms with E-state index >= 15 is 0 Å². The number of amidine groups is 1. The summed E-state index contributed by atoms with van der Waals surface area (Å²) in [5.41, 5.74) is 7.91. The Bertz CT molecular complexity index is 805. The molecule has 0 aromatic heterocycles. The highest BCUT2D eigenvalue weighted by molar-refractivity contribution is 8.13. The first kappa shape index (κ1) is 17.4. The molecule has 3 N–H and O–H groups in total. The fraction of sp³-hybridized carbons (Fsp3) is 0.263. The smallest absolute Gasteiger partial charge is 0.255 e. The first-order chi connectivity index (χ1) is 12.0. The summed E-state index contributed by atoms with van der Waals surface area (Å²) in [6, 6.07) is 14.8. The topological polar surface area (TPSA) is 76.7 Å². The van der Waals surface area contributed by atoms with E-state index in [4.69, 9.17) is 10.5 Å². The normalized spacial score (nSPS) is 19.8. The second-order valence-electron chi connectivity index (χ2n) is 6.09. The third-order valence-corrected chi connectivity index (χ3v) is 5.09. The molecule has 130 valence electrons. The number of ether oxygens (including phenoxy) is 1. The van der Waals surface area contributed by atoms with Gasteiger partial charge in [-0.15, -0.1) is 0 Å². The lowest BCUT2D eigenvalue weighted by atomic mass is 9.89. The van der Waals surface area contributed by atoms with Crippen LogP contribution in [0.2, 0.25) is 0 Å². The van der Waals surface area contributed by atoms with Crippen LogP contribution in [-0.4, -0.2) is 23.9 Å². The third-order valence-electron chi connectivity index (χ3n) is 4.29. The first-order valence-corrected chi connectivity index (χ1v) is 9.03. The molecule has 0 bridgehead atoms. The van der Waals surface area contributed by atoms with Gasteiger partial charge in [-0.25, -0.2) is 0 Å². The lowest BCUT2D eigenvalue weighted by Crippen LogP contribution is -2.28. The minimum atomic E-state index is -0.351. The molecular weight excluding hydrogens is 334 g/mol. The molecule has 1 aliphatic heterocycles. The minimum Gasteiger partial charge on any atom is -0.497 e. The Hall–Kier alpha value is -2.47. The van der Waals surface area contributed by atoms with Gasteiger partial charge in [0.2, 0.25) is 0 Å². The number of carbonyl (C=O) groups excluding carboxylic acids is 1. The zero-order valence-electron chi connectivity index (χ0n) is 14.3. The van der Waals surface area contributed by atoms with Crippen molar-refractivity contribution in [1.29, 1.82) is 0 Å². The third kappa shape index (κ3) is 3.96. The molecule has 1 amide bonds. The summed E-state index contributed by atoms with van der Waals surface area (Å²) in [5, 5.41) is 3.55. The fourth-order valence-electron chi connectivity index (χ4n) is 2.77. The van der Waals surface area contributed by atoms with Crippen molar-refractivity contribution in [2.24, 2.45) is 10.7 Å². The van der Waals surface area contributed by atoms with Crippen molar-refractivity contribution in [3.63, 3.8) is 0 Å². The Morgan fingerprint density at radius 1 is 1.28 bits per heavy atom. The molecule has 0 saturated carbocycles. The number of benzene rings is 2. The van der Waals surface area contributed by atoms with E-state index in [1.54, 1.807) is 43.1 Å². The Morgan fingerprint density at radius 3 is 2.72 bits per heavy atom. The van der Waals surface area contributed by atoms with Gasteiger partial charge in [0.05, 0.1) is 12.6 Å². The number of nitrogens with zero attached hydrogens (tertiary/aromatic N) is 1. The zero-order chi connectivity index (χ0) is 17.9. The summed E-state index contributed by atoms with van der Waals surface area (Å²) >= 11 is 1.58. The van der Waals surface area contributed by atoms with Crippen LogP contribution in [0.1, 0.15) is 29.3 Å². The molecule has 1 atom stereocenters. The molecule has 3 rings (SSSR count). The number of nitrogens with one attached hydrogen (secondary N) is 1. The molecule has 25 heavy (non-hydrogen) atoms. The Balaban J connectivity index is 1.79. The number of methoxy groups -OCH3 is 1. The van der Waals surface area contributed by atoms with Gasteiger partial charge in [0, 0.05) is 17.0 Å². The Labute approximate surface area is 151 Å². The van der Waals surface area contributed by atoms with Crippen LogP contribution < -0.4 is 15.8 Å². The van der Waals surface area contributed by atoms with E-state index in [9.17, 15) is 4.79 Å². The van der Waals surface area contributed by atoms with Crippen molar-refractivity contribution < 1.29 is 9.53 Å². The summed E-state index contributed by atoms with van der Waals surface area (Å²) in [4.78, 5) is 17.0. The summed E-state index contributed by atoms with van der Waals surface area (Å²) in [5.74, 6) is 1.50. The monoisotopic (exact) mass is 355 g/mol. The lowest BCUT2D eigenvalue weighted by molar-refractivity contribution is 0.102. The maximum atomic E-state index is 12.4. The maximum absolute atomic E-state index is 12.4. The second kappa shape index (κ2) is 7.19. The van der Waals surface area contributed by atoms with Crippen LogP contribution in [0.15, 0.2) is 53.5 Å². The first-order valence-electron chi connectivity index (χ1n) is 8.04. The number of anilines is 1. The molecular formula is C19H21N3O2S. The average Bonchev–Trinajstić information content (AvgIpc) is 2.62. The van der Waals surface area contributed by atoms with Crippen molar-refractivity contribution in [1.82, 2.24) is 0 Å². The SMILES string of the molecule is COc1ccc(C(=O)Nc2cccc(C3(C)CCSC(N)=N3)c2)cc1. The highest BCUT2D eigenvalue weighted by Gasteiger charge is 2.29. The van der Waals surface area contributed by atoms with E-state index in [0.29, 0.717) is 10.7 Å². The van der Waals surface area contributed by atoms with Gasteiger partial charge in [0.1, 0.15) is 5.75 Å². The van der Waals surface area contributed by atoms with E-state index in [0.717, 1.165) is 29.2 Å². The van der Waals surface area contributed by atoms with Gasteiger partial charge in [-0.1, -0.05) is 23.9 Å². The second-order valence-corrected chi connectivity index (χ2v) is 7.20. The molecule has 1 aliphatic rings.